The fourth-order valence-electron chi connectivity index (χ4n) is 1.07. The minimum atomic E-state index is -3.58. The quantitative estimate of drug-likeness (QED) is 0.253. The number of Topliss-reactive ketones (excluding diaryl/α,β-unsaturated/α-hetero) is 1. The number of carbonyl (C=O) groups is 2. The van der Waals surface area contributed by atoms with Gasteiger partial charge in [0.15, 0.2) is 11.5 Å². The molecule has 1 rings (SSSR count). The molecule has 10 heteroatoms. The average molecular weight is 525 g/mol. The molecule has 1 aromatic rings. The number of aromatic hydroxyl groups is 1. The number of halogens is 2. The lowest BCUT2D eigenvalue weighted by Crippen LogP contribution is -2.34. The van der Waals surface area contributed by atoms with Crippen molar-refractivity contribution in [2.75, 3.05) is 12.8 Å². The zero-order chi connectivity index (χ0) is 15.5. The number of phenolic OH excluding ortho intramolecular Hbond substituents is 1. The van der Waals surface area contributed by atoms with Crippen molar-refractivity contribution in [2.24, 2.45) is 0 Å². The monoisotopic (exact) mass is 525 g/mol. The molecule has 0 spiro atoms. The summed E-state index contributed by atoms with van der Waals surface area (Å²) in [6.45, 7) is -0.695. The van der Waals surface area contributed by atoms with Crippen LogP contribution in [-0.4, -0.2) is 38.1 Å². The highest BCUT2D eigenvalue weighted by molar-refractivity contribution is 14.1. The van der Waals surface area contributed by atoms with Crippen LogP contribution in [-0.2, 0) is 19.6 Å². The number of hydrogen-bond acceptors (Lipinski definition) is 6. The molecule has 0 saturated carbocycles. The Morgan fingerprint density at radius 2 is 1.95 bits per heavy atom. The van der Waals surface area contributed by atoms with Crippen LogP contribution in [0.1, 0.15) is 0 Å². The predicted molar refractivity (Wildman–Crippen MR) is 87.0 cm³/mol. The second kappa shape index (κ2) is 7.00. The highest BCUT2D eigenvalue weighted by Gasteiger charge is 2.21. The van der Waals surface area contributed by atoms with E-state index in [1.165, 1.54) is 6.07 Å². The van der Waals surface area contributed by atoms with Crippen LogP contribution in [0, 0.1) is 7.14 Å². The number of rotatable bonds is 5. The molecular weight excluding hydrogens is 516 g/mol. The van der Waals surface area contributed by atoms with Crippen molar-refractivity contribution in [3.63, 3.8) is 0 Å². The summed E-state index contributed by atoms with van der Waals surface area (Å²) in [5.41, 5.74) is 0. The molecule has 0 atom stereocenters. The van der Waals surface area contributed by atoms with Crippen LogP contribution >= 0.6 is 45.2 Å². The van der Waals surface area contributed by atoms with Gasteiger partial charge in [0.1, 0.15) is 0 Å². The fourth-order valence-corrected chi connectivity index (χ4v) is 3.38. The minimum absolute atomic E-state index is 0.135. The summed E-state index contributed by atoms with van der Waals surface area (Å²) in [6, 6.07) is 3.01. The van der Waals surface area contributed by atoms with Crippen LogP contribution in [0.3, 0.4) is 0 Å². The van der Waals surface area contributed by atoms with E-state index in [1.54, 1.807) is 6.07 Å². The lowest BCUT2D eigenvalue weighted by molar-refractivity contribution is -0.146. The van der Waals surface area contributed by atoms with Crippen molar-refractivity contribution in [2.45, 2.75) is 0 Å². The first-order valence-corrected chi connectivity index (χ1v) is 9.02. The SMILES string of the molecule is CS(=O)(=O)NCC(=O)C(=O)Oc1c(O)cc(I)cc1I. The first kappa shape index (κ1) is 17.6. The third-order valence-corrected chi connectivity index (χ3v) is 4.00. The molecule has 1 aromatic carbocycles. The van der Waals surface area contributed by atoms with E-state index in [0.717, 1.165) is 9.83 Å². The average Bonchev–Trinajstić information content (AvgIpc) is 2.29. The molecule has 0 aliphatic carbocycles. The van der Waals surface area contributed by atoms with E-state index >= 15 is 0 Å². The summed E-state index contributed by atoms with van der Waals surface area (Å²) >= 11 is 3.81. The highest BCUT2D eigenvalue weighted by Crippen LogP contribution is 2.33. The minimum Gasteiger partial charge on any atom is -0.504 e. The van der Waals surface area contributed by atoms with Crippen LogP contribution in [0.2, 0.25) is 0 Å². The topological polar surface area (TPSA) is 110 Å². The molecule has 0 aliphatic rings. The molecule has 0 aliphatic heterocycles. The Kier molecular flexibility index (Phi) is 6.15. The summed E-state index contributed by atoms with van der Waals surface area (Å²) in [7, 11) is -3.58. The summed E-state index contributed by atoms with van der Waals surface area (Å²) in [5.74, 6) is -2.73. The normalized spacial score (nSPS) is 11.2. The van der Waals surface area contributed by atoms with Gasteiger partial charge in [-0.3, -0.25) is 4.79 Å². The van der Waals surface area contributed by atoms with Gasteiger partial charge in [-0.2, -0.15) is 0 Å². The van der Waals surface area contributed by atoms with Gasteiger partial charge in [-0.25, -0.2) is 17.9 Å². The number of carbonyl (C=O) groups excluding carboxylic acids is 2. The second-order valence-corrected chi connectivity index (χ2v) is 7.88. The summed E-state index contributed by atoms with van der Waals surface area (Å²) < 4.78 is 29.4. The summed E-state index contributed by atoms with van der Waals surface area (Å²) in [4.78, 5) is 22.9. The van der Waals surface area contributed by atoms with Gasteiger partial charge >= 0.3 is 5.97 Å². The maximum Gasteiger partial charge on any atom is 0.381 e. The number of nitrogens with one attached hydrogen (secondary N) is 1. The molecule has 0 amide bonds. The van der Waals surface area contributed by atoms with Crippen LogP contribution < -0.4 is 9.46 Å². The lowest BCUT2D eigenvalue weighted by Gasteiger charge is -2.08. The zero-order valence-electron chi connectivity index (χ0n) is 10.0. The van der Waals surface area contributed by atoms with Crippen molar-refractivity contribution >= 4 is 67.0 Å². The molecule has 0 radical (unpaired) electrons. The van der Waals surface area contributed by atoms with Gasteiger partial charge in [0.25, 0.3) is 5.78 Å². The highest BCUT2D eigenvalue weighted by atomic mass is 127. The molecular formula is C10H9I2NO6S. The van der Waals surface area contributed by atoms with Gasteiger partial charge in [0, 0.05) is 3.57 Å². The van der Waals surface area contributed by atoms with Gasteiger partial charge in [-0.15, -0.1) is 0 Å². The molecule has 7 nitrogen and oxygen atoms in total. The molecule has 20 heavy (non-hydrogen) atoms. The van der Waals surface area contributed by atoms with Crippen molar-refractivity contribution < 1.29 is 27.9 Å². The maximum absolute atomic E-state index is 11.5. The van der Waals surface area contributed by atoms with E-state index in [2.05, 4.69) is 0 Å². The number of ether oxygens (including phenoxy) is 1. The van der Waals surface area contributed by atoms with Crippen LogP contribution in [0.4, 0.5) is 0 Å². The number of hydrogen-bond donors (Lipinski definition) is 2. The standard InChI is InChI=1S/C10H9I2NO6S/c1-20(17,18)13-4-8(15)10(16)19-9-6(12)2-5(11)3-7(9)14/h2-3,13-14H,4H2,1H3. The molecule has 2 N–H and O–H groups in total. The number of ketones is 1. The van der Waals surface area contributed by atoms with Crippen molar-refractivity contribution in [1.82, 2.24) is 4.72 Å². The molecule has 0 fully saturated rings. The second-order valence-electron chi connectivity index (χ2n) is 3.64. The third kappa shape index (κ3) is 5.49. The maximum atomic E-state index is 11.5. The Bertz CT molecular complexity index is 635. The van der Waals surface area contributed by atoms with E-state index in [1.807, 2.05) is 49.9 Å². The van der Waals surface area contributed by atoms with Crippen molar-refractivity contribution in [1.29, 1.82) is 0 Å². The van der Waals surface area contributed by atoms with E-state index in [-0.39, 0.29) is 11.5 Å². The van der Waals surface area contributed by atoms with Gasteiger partial charge in [-0.05, 0) is 57.3 Å². The molecule has 0 heterocycles. The number of phenols is 1. The molecule has 110 valence electrons. The Morgan fingerprint density at radius 3 is 2.45 bits per heavy atom. The van der Waals surface area contributed by atoms with Crippen LogP contribution in [0.5, 0.6) is 11.5 Å². The van der Waals surface area contributed by atoms with Gasteiger partial charge < -0.3 is 9.84 Å². The molecule has 0 saturated heterocycles. The predicted octanol–water partition coefficient (Wildman–Crippen LogP) is 0.625. The number of sulfonamides is 1. The van der Waals surface area contributed by atoms with Crippen molar-refractivity contribution in [3.05, 3.63) is 19.3 Å². The van der Waals surface area contributed by atoms with E-state index < -0.39 is 28.3 Å². The van der Waals surface area contributed by atoms with E-state index in [9.17, 15) is 23.1 Å². The zero-order valence-corrected chi connectivity index (χ0v) is 15.1. The van der Waals surface area contributed by atoms with Gasteiger partial charge in [-0.1, -0.05) is 0 Å². The largest absolute Gasteiger partial charge is 0.504 e. The molecule has 0 aromatic heterocycles. The third-order valence-electron chi connectivity index (χ3n) is 1.91. The first-order chi connectivity index (χ1) is 9.10. The number of esters is 1. The Hall–Kier alpha value is -0.470. The molecule has 0 bridgehead atoms. The molecule has 0 unspecified atom stereocenters. The Balaban J connectivity index is 2.79. The number of benzene rings is 1. The Morgan fingerprint density at radius 1 is 1.35 bits per heavy atom. The van der Waals surface area contributed by atoms with Crippen LogP contribution in [0.15, 0.2) is 12.1 Å². The van der Waals surface area contributed by atoms with Gasteiger partial charge in [0.05, 0.1) is 16.4 Å². The lowest BCUT2D eigenvalue weighted by atomic mass is 10.3. The van der Waals surface area contributed by atoms with Crippen LogP contribution in [0.25, 0.3) is 0 Å². The van der Waals surface area contributed by atoms with Gasteiger partial charge in [0.2, 0.25) is 10.0 Å². The van der Waals surface area contributed by atoms with E-state index in [4.69, 9.17) is 4.74 Å². The first-order valence-electron chi connectivity index (χ1n) is 4.98. The summed E-state index contributed by atoms with van der Waals surface area (Å²) in [6.07, 6.45) is 0.861. The smallest absolute Gasteiger partial charge is 0.381 e. The summed E-state index contributed by atoms with van der Waals surface area (Å²) in [5, 5.41) is 9.65. The van der Waals surface area contributed by atoms with Crippen molar-refractivity contribution in [3.8, 4) is 11.5 Å². The van der Waals surface area contributed by atoms with E-state index in [0.29, 0.717) is 3.57 Å². The fraction of sp³-hybridized carbons (Fsp3) is 0.200. The Labute approximate surface area is 142 Å².